The standard InChI is InChI=1S/C15H29N3O.2ClH/c1-3-15(4-2,11-16)14(19)17-9-12-7-8-18(10-12)13-5-6-13;;/h12-13H,3-11,16H2,1-2H3,(H,17,19);2*1H. The third kappa shape index (κ3) is 4.98. The summed E-state index contributed by atoms with van der Waals surface area (Å²) in [6.45, 7) is 7.77. The van der Waals surface area contributed by atoms with E-state index in [1.165, 1.54) is 32.4 Å². The molecule has 1 saturated carbocycles. The lowest BCUT2D eigenvalue weighted by Crippen LogP contribution is -2.46. The van der Waals surface area contributed by atoms with Gasteiger partial charge in [-0.1, -0.05) is 13.8 Å². The lowest BCUT2D eigenvalue weighted by molar-refractivity contribution is -0.131. The summed E-state index contributed by atoms with van der Waals surface area (Å²) in [6, 6.07) is 0.857. The molecule has 1 aliphatic carbocycles. The normalized spacial score (nSPS) is 22.3. The summed E-state index contributed by atoms with van der Waals surface area (Å²) in [5.41, 5.74) is 5.46. The zero-order valence-corrected chi connectivity index (χ0v) is 14.9. The highest BCUT2D eigenvalue weighted by atomic mass is 35.5. The fraction of sp³-hybridized carbons (Fsp3) is 0.933. The molecule has 1 atom stereocenters. The van der Waals surface area contributed by atoms with Crippen molar-refractivity contribution in [2.24, 2.45) is 17.1 Å². The number of rotatable bonds is 7. The Kier molecular flexibility index (Phi) is 9.17. The van der Waals surface area contributed by atoms with E-state index in [0.29, 0.717) is 12.5 Å². The van der Waals surface area contributed by atoms with Gasteiger partial charge in [-0.25, -0.2) is 0 Å². The first-order chi connectivity index (χ1) is 9.15. The van der Waals surface area contributed by atoms with Crippen LogP contribution in [0.4, 0.5) is 0 Å². The summed E-state index contributed by atoms with van der Waals surface area (Å²) < 4.78 is 0. The lowest BCUT2D eigenvalue weighted by Gasteiger charge is -2.29. The van der Waals surface area contributed by atoms with Crippen LogP contribution in [0.1, 0.15) is 46.0 Å². The van der Waals surface area contributed by atoms with E-state index in [9.17, 15) is 4.79 Å². The first kappa shape index (κ1) is 21.0. The third-order valence-corrected chi connectivity index (χ3v) is 5.16. The van der Waals surface area contributed by atoms with E-state index in [2.05, 4.69) is 24.1 Å². The molecular weight excluding hydrogens is 309 g/mol. The van der Waals surface area contributed by atoms with Crippen molar-refractivity contribution in [3.8, 4) is 0 Å². The molecule has 1 unspecified atom stereocenters. The van der Waals surface area contributed by atoms with Crippen molar-refractivity contribution in [3.05, 3.63) is 0 Å². The van der Waals surface area contributed by atoms with Crippen LogP contribution in [0.3, 0.4) is 0 Å². The Morgan fingerprint density at radius 1 is 1.24 bits per heavy atom. The number of nitrogens with two attached hydrogens (primary N) is 1. The quantitative estimate of drug-likeness (QED) is 0.747. The molecule has 0 bridgehead atoms. The summed E-state index contributed by atoms with van der Waals surface area (Å²) in [5.74, 6) is 0.790. The third-order valence-electron chi connectivity index (χ3n) is 5.16. The maximum atomic E-state index is 12.3. The number of halogens is 2. The molecule has 1 aliphatic heterocycles. The molecule has 2 rings (SSSR count). The molecule has 6 heteroatoms. The van der Waals surface area contributed by atoms with Gasteiger partial charge in [0.05, 0.1) is 5.41 Å². The van der Waals surface area contributed by atoms with E-state index in [4.69, 9.17) is 5.73 Å². The summed E-state index contributed by atoms with van der Waals surface area (Å²) in [4.78, 5) is 14.9. The van der Waals surface area contributed by atoms with Gasteiger partial charge in [-0.2, -0.15) is 0 Å². The van der Waals surface area contributed by atoms with E-state index >= 15 is 0 Å². The molecule has 0 aromatic heterocycles. The van der Waals surface area contributed by atoms with Crippen LogP contribution in [0.2, 0.25) is 0 Å². The number of hydrogen-bond donors (Lipinski definition) is 2. The highest BCUT2D eigenvalue weighted by molar-refractivity contribution is 5.85. The van der Waals surface area contributed by atoms with Crippen LogP contribution in [-0.2, 0) is 4.79 Å². The van der Waals surface area contributed by atoms with Gasteiger partial charge in [-0.05, 0) is 44.6 Å². The molecule has 1 saturated heterocycles. The van der Waals surface area contributed by atoms with E-state index in [0.717, 1.165) is 25.4 Å². The second-order valence-electron chi connectivity index (χ2n) is 6.28. The van der Waals surface area contributed by atoms with E-state index in [1.54, 1.807) is 0 Å². The Bertz CT molecular complexity index is 312. The molecule has 2 aliphatic rings. The maximum absolute atomic E-state index is 12.3. The zero-order chi connectivity index (χ0) is 13.9. The molecule has 21 heavy (non-hydrogen) atoms. The molecule has 0 aromatic carbocycles. The number of amides is 1. The minimum absolute atomic E-state index is 0. The number of nitrogens with one attached hydrogen (secondary N) is 1. The SMILES string of the molecule is CCC(CC)(CN)C(=O)NCC1CCN(C2CC2)C1.Cl.Cl. The molecule has 2 fully saturated rings. The van der Waals surface area contributed by atoms with Gasteiger partial charge in [-0.15, -0.1) is 24.8 Å². The van der Waals surface area contributed by atoms with E-state index in [1.807, 2.05) is 0 Å². The van der Waals surface area contributed by atoms with Crippen LogP contribution in [0.5, 0.6) is 0 Å². The number of likely N-dealkylation sites (tertiary alicyclic amines) is 1. The van der Waals surface area contributed by atoms with Crippen molar-refractivity contribution in [1.29, 1.82) is 0 Å². The highest BCUT2D eigenvalue weighted by Gasteiger charge is 2.36. The first-order valence-corrected chi connectivity index (χ1v) is 7.87. The van der Waals surface area contributed by atoms with Gasteiger partial charge in [0.25, 0.3) is 0 Å². The van der Waals surface area contributed by atoms with Gasteiger partial charge < -0.3 is 16.0 Å². The Hall–Kier alpha value is -0.0300. The largest absolute Gasteiger partial charge is 0.355 e. The summed E-state index contributed by atoms with van der Waals surface area (Å²) in [6.07, 6.45) is 5.63. The van der Waals surface area contributed by atoms with Crippen molar-refractivity contribution in [3.63, 3.8) is 0 Å². The van der Waals surface area contributed by atoms with Gasteiger partial charge in [-0.3, -0.25) is 4.79 Å². The fourth-order valence-electron chi connectivity index (χ4n) is 3.18. The number of carbonyl (C=O) groups excluding carboxylic acids is 1. The number of hydrogen-bond acceptors (Lipinski definition) is 3. The van der Waals surface area contributed by atoms with E-state index in [-0.39, 0.29) is 36.1 Å². The van der Waals surface area contributed by atoms with Crippen molar-refractivity contribution in [1.82, 2.24) is 10.2 Å². The predicted molar refractivity (Wildman–Crippen MR) is 92.3 cm³/mol. The average Bonchev–Trinajstić information content (AvgIpc) is 3.18. The second-order valence-corrected chi connectivity index (χ2v) is 6.28. The molecule has 0 radical (unpaired) electrons. The molecule has 126 valence electrons. The van der Waals surface area contributed by atoms with Crippen molar-refractivity contribution < 1.29 is 4.79 Å². The smallest absolute Gasteiger partial charge is 0.227 e. The van der Waals surface area contributed by atoms with Crippen LogP contribution in [0, 0.1) is 11.3 Å². The molecule has 4 nitrogen and oxygen atoms in total. The van der Waals surface area contributed by atoms with Crippen molar-refractivity contribution >= 4 is 30.7 Å². The minimum Gasteiger partial charge on any atom is -0.355 e. The van der Waals surface area contributed by atoms with Gasteiger partial charge in [0.1, 0.15) is 0 Å². The van der Waals surface area contributed by atoms with Crippen LogP contribution in [0.25, 0.3) is 0 Å². The average molecular weight is 340 g/mol. The summed E-state index contributed by atoms with van der Waals surface area (Å²) in [5, 5.41) is 3.15. The van der Waals surface area contributed by atoms with Gasteiger partial charge >= 0.3 is 0 Å². The van der Waals surface area contributed by atoms with Crippen LogP contribution >= 0.6 is 24.8 Å². The van der Waals surface area contributed by atoms with Crippen molar-refractivity contribution in [2.75, 3.05) is 26.2 Å². The van der Waals surface area contributed by atoms with Gasteiger partial charge in [0, 0.05) is 25.7 Å². The van der Waals surface area contributed by atoms with E-state index < -0.39 is 0 Å². The Labute approximate surface area is 141 Å². The van der Waals surface area contributed by atoms with Crippen molar-refractivity contribution in [2.45, 2.75) is 52.0 Å². The topological polar surface area (TPSA) is 58.4 Å². The second kappa shape index (κ2) is 9.19. The molecular formula is C15H31Cl2N3O. The van der Waals surface area contributed by atoms with Gasteiger partial charge in [0.2, 0.25) is 5.91 Å². The number of nitrogens with zero attached hydrogens (tertiary/aromatic N) is 1. The van der Waals surface area contributed by atoms with Gasteiger partial charge in [0.15, 0.2) is 0 Å². The Morgan fingerprint density at radius 3 is 2.33 bits per heavy atom. The predicted octanol–water partition coefficient (Wildman–Crippen LogP) is 2.20. The lowest BCUT2D eigenvalue weighted by atomic mass is 9.81. The fourth-order valence-corrected chi connectivity index (χ4v) is 3.18. The zero-order valence-electron chi connectivity index (χ0n) is 13.3. The Balaban J connectivity index is 0.00000200. The minimum atomic E-state index is -0.352. The molecule has 1 amide bonds. The maximum Gasteiger partial charge on any atom is 0.227 e. The monoisotopic (exact) mass is 339 g/mol. The summed E-state index contributed by atoms with van der Waals surface area (Å²) >= 11 is 0. The molecule has 1 heterocycles. The van der Waals surface area contributed by atoms with Crippen LogP contribution in [-0.4, -0.2) is 43.0 Å². The molecule has 0 spiro atoms. The first-order valence-electron chi connectivity index (χ1n) is 7.87. The van der Waals surface area contributed by atoms with Crippen LogP contribution in [0.15, 0.2) is 0 Å². The van der Waals surface area contributed by atoms with Crippen LogP contribution < -0.4 is 11.1 Å². The molecule has 3 N–H and O–H groups in total. The molecule has 0 aromatic rings. The Morgan fingerprint density at radius 2 is 1.86 bits per heavy atom. The highest BCUT2D eigenvalue weighted by Crippen LogP contribution is 2.31. The summed E-state index contributed by atoms with van der Waals surface area (Å²) in [7, 11) is 0. The number of carbonyl (C=O) groups is 1.